The van der Waals surface area contributed by atoms with Crippen LogP contribution in [-0.2, 0) is 6.54 Å². The van der Waals surface area contributed by atoms with E-state index in [0.717, 1.165) is 13.1 Å². The van der Waals surface area contributed by atoms with Crippen molar-refractivity contribution in [1.29, 1.82) is 0 Å². The number of rotatable bonds is 5. The van der Waals surface area contributed by atoms with Gasteiger partial charge >= 0.3 is 0 Å². The minimum absolute atomic E-state index is 0.427. The largest absolute Gasteiger partial charge is 0.316 e. The van der Waals surface area contributed by atoms with E-state index >= 15 is 0 Å². The molecule has 0 saturated carbocycles. The Morgan fingerprint density at radius 3 is 2.79 bits per heavy atom. The zero-order valence-electron chi connectivity index (χ0n) is 12.2. The molecule has 19 heavy (non-hydrogen) atoms. The first kappa shape index (κ1) is 15.0. The topological polar surface area (TPSA) is 15.3 Å². The first-order valence-corrected chi connectivity index (χ1v) is 7.97. The van der Waals surface area contributed by atoms with E-state index < -0.39 is 0 Å². The average molecular weight is 325 g/mol. The van der Waals surface area contributed by atoms with Crippen LogP contribution >= 0.6 is 15.9 Å². The molecule has 0 aromatic heterocycles. The van der Waals surface area contributed by atoms with Gasteiger partial charge in [-0.25, -0.2) is 0 Å². The van der Waals surface area contributed by atoms with Crippen molar-refractivity contribution in [3.63, 3.8) is 0 Å². The Morgan fingerprint density at radius 1 is 1.42 bits per heavy atom. The molecule has 0 spiro atoms. The van der Waals surface area contributed by atoms with Crippen LogP contribution in [0.5, 0.6) is 0 Å². The van der Waals surface area contributed by atoms with Crippen LogP contribution in [0.2, 0.25) is 0 Å². The predicted octanol–water partition coefficient (Wildman–Crippen LogP) is 3.66. The van der Waals surface area contributed by atoms with Crippen LogP contribution in [0.15, 0.2) is 28.7 Å². The van der Waals surface area contributed by atoms with Crippen molar-refractivity contribution >= 4 is 15.9 Å². The van der Waals surface area contributed by atoms with Gasteiger partial charge in [0.05, 0.1) is 0 Å². The quantitative estimate of drug-likeness (QED) is 0.889. The molecule has 106 valence electrons. The molecule has 1 saturated heterocycles. The molecule has 1 N–H and O–H groups in total. The maximum Gasteiger partial charge on any atom is 0.0237 e. The molecular formula is C16H25BrN2. The van der Waals surface area contributed by atoms with E-state index in [0.29, 0.717) is 11.5 Å². The maximum atomic E-state index is 3.56. The van der Waals surface area contributed by atoms with E-state index in [4.69, 9.17) is 0 Å². The molecular weight excluding hydrogens is 300 g/mol. The van der Waals surface area contributed by atoms with Gasteiger partial charge in [0.2, 0.25) is 0 Å². The number of halogens is 1. The van der Waals surface area contributed by atoms with Crippen molar-refractivity contribution in [1.82, 2.24) is 10.2 Å². The second-order valence-electron chi connectivity index (χ2n) is 6.37. The third-order valence-electron chi connectivity index (χ3n) is 4.05. The van der Waals surface area contributed by atoms with Crippen molar-refractivity contribution in [3.05, 3.63) is 34.3 Å². The van der Waals surface area contributed by atoms with Gasteiger partial charge in [-0.15, -0.1) is 0 Å². The van der Waals surface area contributed by atoms with Gasteiger partial charge in [-0.3, -0.25) is 4.90 Å². The minimum Gasteiger partial charge on any atom is -0.316 e. The normalized spacial score (nSPS) is 23.5. The number of hydrogen-bond donors (Lipinski definition) is 1. The van der Waals surface area contributed by atoms with E-state index in [1.165, 1.54) is 29.5 Å². The maximum absolute atomic E-state index is 3.56. The van der Waals surface area contributed by atoms with E-state index in [2.05, 4.69) is 71.2 Å². The summed E-state index contributed by atoms with van der Waals surface area (Å²) in [6, 6.07) is 9.23. The third kappa shape index (κ3) is 4.30. The van der Waals surface area contributed by atoms with Gasteiger partial charge in [0.25, 0.3) is 0 Å². The highest BCUT2D eigenvalue weighted by molar-refractivity contribution is 9.10. The van der Waals surface area contributed by atoms with Gasteiger partial charge in [0, 0.05) is 30.1 Å². The Labute approximate surface area is 125 Å². The Hall–Kier alpha value is -0.380. The van der Waals surface area contributed by atoms with Gasteiger partial charge in [-0.05, 0) is 49.9 Å². The highest BCUT2D eigenvalue weighted by Crippen LogP contribution is 2.27. The van der Waals surface area contributed by atoms with Gasteiger partial charge in [0.1, 0.15) is 0 Å². The van der Waals surface area contributed by atoms with Crippen molar-refractivity contribution < 1.29 is 0 Å². The fraction of sp³-hybridized carbons (Fsp3) is 0.625. The number of nitrogens with one attached hydrogen (secondary N) is 1. The molecule has 1 atom stereocenters. The van der Waals surface area contributed by atoms with Crippen LogP contribution < -0.4 is 5.32 Å². The molecule has 1 unspecified atom stereocenters. The summed E-state index contributed by atoms with van der Waals surface area (Å²) in [5.74, 6) is 0. The SMILES string of the molecule is CC(C)N(Cc1cccc(Br)c1)CC1(C)CCNC1. The molecule has 0 bridgehead atoms. The highest BCUT2D eigenvalue weighted by atomic mass is 79.9. The number of nitrogens with zero attached hydrogens (tertiary/aromatic N) is 1. The smallest absolute Gasteiger partial charge is 0.0237 e. The van der Waals surface area contributed by atoms with Crippen LogP contribution in [0.3, 0.4) is 0 Å². The summed E-state index contributed by atoms with van der Waals surface area (Å²) in [5, 5.41) is 3.50. The fourth-order valence-electron chi connectivity index (χ4n) is 2.78. The number of benzene rings is 1. The molecule has 1 aliphatic rings. The lowest BCUT2D eigenvalue weighted by molar-refractivity contribution is 0.137. The Balaban J connectivity index is 2.04. The molecule has 1 aromatic rings. The van der Waals surface area contributed by atoms with Crippen molar-refractivity contribution in [2.45, 2.75) is 39.8 Å². The fourth-order valence-corrected chi connectivity index (χ4v) is 3.23. The molecule has 1 aliphatic heterocycles. The molecule has 2 rings (SSSR count). The second-order valence-corrected chi connectivity index (χ2v) is 7.28. The monoisotopic (exact) mass is 324 g/mol. The van der Waals surface area contributed by atoms with Crippen LogP contribution in [0.4, 0.5) is 0 Å². The lowest BCUT2D eigenvalue weighted by Gasteiger charge is -2.34. The zero-order valence-corrected chi connectivity index (χ0v) is 13.8. The van der Waals surface area contributed by atoms with E-state index in [1.807, 2.05) is 0 Å². The lowest BCUT2D eigenvalue weighted by Crippen LogP contribution is -2.40. The molecule has 0 radical (unpaired) electrons. The van der Waals surface area contributed by atoms with E-state index in [-0.39, 0.29) is 0 Å². The summed E-state index contributed by atoms with van der Waals surface area (Å²) < 4.78 is 1.17. The summed E-state index contributed by atoms with van der Waals surface area (Å²) in [7, 11) is 0. The van der Waals surface area contributed by atoms with Crippen molar-refractivity contribution in [2.75, 3.05) is 19.6 Å². The lowest BCUT2D eigenvalue weighted by atomic mass is 9.88. The molecule has 3 heteroatoms. The summed E-state index contributed by atoms with van der Waals surface area (Å²) >= 11 is 3.56. The van der Waals surface area contributed by atoms with Crippen molar-refractivity contribution in [3.8, 4) is 0 Å². The molecule has 1 fully saturated rings. The Morgan fingerprint density at radius 2 is 2.21 bits per heavy atom. The summed E-state index contributed by atoms with van der Waals surface area (Å²) in [6.07, 6.45) is 1.29. The van der Waals surface area contributed by atoms with Crippen LogP contribution in [0.1, 0.15) is 32.8 Å². The van der Waals surface area contributed by atoms with Gasteiger partial charge in [0.15, 0.2) is 0 Å². The summed E-state index contributed by atoms with van der Waals surface area (Å²) in [5.41, 5.74) is 1.81. The van der Waals surface area contributed by atoms with Gasteiger partial charge < -0.3 is 5.32 Å². The van der Waals surface area contributed by atoms with Gasteiger partial charge in [-0.1, -0.05) is 35.0 Å². The Kier molecular flexibility index (Phi) is 5.04. The first-order chi connectivity index (χ1) is 8.98. The van der Waals surface area contributed by atoms with Crippen LogP contribution in [-0.4, -0.2) is 30.6 Å². The zero-order chi connectivity index (χ0) is 13.9. The van der Waals surface area contributed by atoms with Gasteiger partial charge in [-0.2, -0.15) is 0 Å². The molecule has 2 nitrogen and oxygen atoms in total. The molecule has 0 aliphatic carbocycles. The van der Waals surface area contributed by atoms with Crippen molar-refractivity contribution in [2.24, 2.45) is 5.41 Å². The third-order valence-corrected chi connectivity index (χ3v) is 4.54. The predicted molar refractivity (Wildman–Crippen MR) is 85.3 cm³/mol. The van der Waals surface area contributed by atoms with Crippen LogP contribution in [0, 0.1) is 5.41 Å². The van der Waals surface area contributed by atoms with Crippen LogP contribution in [0.25, 0.3) is 0 Å². The average Bonchev–Trinajstić information content (AvgIpc) is 2.75. The first-order valence-electron chi connectivity index (χ1n) is 7.18. The molecule has 1 aromatic carbocycles. The number of hydrogen-bond acceptors (Lipinski definition) is 2. The molecule has 0 amide bonds. The second kappa shape index (κ2) is 6.38. The summed E-state index contributed by atoms with van der Waals surface area (Å²) in [4.78, 5) is 2.59. The molecule has 1 heterocycles. The van der Waals surface area contributed by atoms with E-state index in [1.54, 1.807) is 0 Å². The minimum atomic E-state index is 0.427. The summed E-state index contributed by atoms with van der Waals surface area (Å²) in [6.45, 7) is 11.5. The standard InChI is InChI=1S/C16H25BrN2/c1-13(2)19(12-16(3)7-8-18-11-16)10-14-5-4-6-15(17)9-14/h4-6,9,13,18H,7-8,10-12H2,1-3H3. The Bertz CT molecular complexity index is 411. The van der Waals surface area contributed by atoms with E-state index in [9.17, 15) is 0 Å². The highest BCUT2D eigenvalue weighted by Gasteiger charge is 2.31.